The maximum atomic E-state index is 11.4. The third-order valence-corrected chi connectivity index (χ3v) is 2.89. The largest absolute Gasteiger partial charge is 0.354 e. The second-order valence-corrected chi connectivity index (χ2v) is 5.03. The van der Waals surface area contributed by atoms with E-state index in [2.05, 4.69) is 34.7 Å². The molecule has 0 saturated heterocycles. The molecule has 0 aliphatic heterocycles. The number of rotatable bonds is 7. The highest BCUT2D eigenvalue weighted by molar-refractivity contribution is 7.99. The van der Waals surface area contributed by atoms with Crippen LogP contribution in [0.4, 0.5) is 0 Å². The van der Waals surface area contributed by atoms with Gasteiger partial charge in [-0.3, -0.25) is 4.79 Å². The molecule has 8 heteroatoms. The summed E-state index contributed by atoms with van der Waals surface area (Å²) in [7, 11) is 0. The summed E-state index contributed by atoms with van der Waals surface area (Å²) in [5, 5.41) is 23.0. The van der Waals surface area contributed by atoms with Crippen LogP contribution >= 0.6 is 11.8 Å². The van der Waals surface area contributed by atoms with Crippen LogP contribution in [-0.2, 0) is 11.3 Å². The molecule has 1 rings (SSSR count). The van der Waals surface area contributed by atoms with Gasteiger partial charge in [-0.2, -0.15) is 5.26 Å². The first-order valence-electron chi connectivity index (χ1n) is 5.66. The molecule has 98 valence electrons. The van der Waals surface area contributed by atoms with Gasteiger partial charge in [-0.25, -0.2) is 4.68 Å². The van der Waals surface area contributed by atoms with E-state index in [4.69, 9.17) is 5.26 Å². The Balaban J connectivity index is 2.37. The molecule has 0 aromatic carbocycles. The highest BCUT2D eigenvalue weighted by atomic mass is 32.2. The Morgan fingerprint density at radius 1 is 1.61 bits per heavy atom. The molecule has 0 saturated carbocycles. The molecule has 0 aliphatic carbocycles. The van der Waals surface area contributed by atoms with Crippen molar-refractivity contribution in [3.63, 3.8) is 0 Å². The first kappa shape index (κ1) is 14.4. The zero-order valence-electron chi connectivity index (χ0n) is 10.5. The molecule has 0 radical (unpaired) electrons. The van der Waals surface area contributed by atoms with Crippen molar-refractivity contribution >= 4 is 17.7 Å². The lowest BCUT2D eigenvalue weighted by Gasteiger charge is -2.06. The Kier molecular flexibility index (Phi) is 6.14. The summed E-state index contributed by atoms with van der Waals surface area (Å²) in [6, 6.07) is 1.97. The molecule has 1 aromatic heterocycles. The SMILES string of the molecule is CC(C)Cn1nnnc1SCC(=O)NCCC#N. The minimum atomic E-state index is -0.116. The van der Waals surface area contributed by atoms with Crippen LogP contribution in [0.1, 0.15) is 20.3 Å². The lowest BCUT2D eigenvalue weighted by Crippen LogP contribution is -2.26. The molecule has 0 bridgehead atoms. The molecule has 1 N–H and O–H groups in total. The number of nitrogens with zero attached hydrogens (tertiary/aromatic N) is 5. The predicted octanol–water partition coefficient (Wildman–Crippen LogP) is 0.451. The highest BCUT2D eigenvalue weighted by Gasteiger charge is 2.10. The van der Waals surface area contributed by atoms with E-state index in [1.807, 2.05) is 6.07 Å². The van der Waals surface area contributed by atoms with E-state index >= 15 is 0 Å². The molecular formula is C10H16N6OS. The topological polar surface area (TPSA) is 96.5 Å². The van der Waals surface area contributed by atoms with Gasteiger partial charge >= 0.3 is 0 Å². The van der Waals surface area contributed by atoms with Crippen LogP contribution in [0.5, 0.6) is 0 Å². The number of carbonyl (C=O) groups is 1. The van der Waals surface area contributed by atoms with E-state index in [0.29, 0.717) is 24.0 Å². The van der Waals surface area contributed by atoms with Gasteiger partial charge in [0.2, 0.25) is 11.1 Å². The van der Waals surface area contributed by atoms with Crippen LogP contribution in [0, 0.1) is 17.2 Å². The maximum absolute atomic E-state index is 11.4. The van der Waals surface area contributed by atoms with Crippen molar-refractivity contribution in [2.24, 2.45) is 5.92 Å². The summed E-state index contributed by atoms with van der Waals surface area (Å²) >= 11 is 1.29. The van der Waals surface area contributed by atoms with Crippen LogP contribution in [0.2, 0.25) is 0 Å². The molecule has 1 heterocycles. The van der Waals surface area contributed by atoms with E-state index in [1.54, 1.807) is 4.68 Å². The molecule has 0 aliphatic rings. The lowest BCUT2D eigenvalue weighted by molar-refractivity contribution is -0.118. The lowest BCUT2D eigenvalue weighted by atomic mass is 10.2. The van der Waals surface area contributed by atoms with Crippen molar-refractivity contribution in [3.05, 3.63) is 0 Å². The molecule has 18 heavy (non-hydrogen) atoms. The van der Waals surface area contributed by atoms with Crippen molar-refractivity contribution < 1.29 is 4.79 Å². The summed E-state index contributed by atoms with van der Waals surface area (Å²) < 4.78 is 1.69. The van der Waals surface area contributed by atoms with Gasteiger partial charge < -0.3 is 5.32 Å². The third-order valence-electron chi connectivity index (χ3n) is 1.93. The number of carbonyl (C=O) groups excluding carboxylic acids is 1. The van der Waals surface area contributed by atoms with E-state index in [1.165, 1.54) is 11.8 Å². The molecule has 1 aromatic rings. The Hall–Kier alpha value is -1.62. The van der Waals surface area contributed by atoms with Gasteiger partial charge in [0.25, 0.3) is 0 Å². The molecule has 0 atom stereocenters. The summed E-state index contributed by atoms with van der Waals surface area (Å²) in [4.78, 5) is 11.4. The van der Waals surface area contributed by atoms with Gasteiger partial charge in [-0.15, -0.1) is 5.10 Å². The molecular weight excluding hydrogens is 252 g/mol. The molecule has 1 amide bonds. The number of tetrazole rings is 1. The van der Waals surface area contributed by atoms with Crippen molar-refractivity contribution in [1.29, 1.82) is 5.26 Å². The highest BCUT2D eigenvalue weighted by Crippen LogP contribution is 2.14. The van der Waals surface area contributed by atoms with Crippen molar-refractivity contribution in [2.75, 3.05) is 12.3 Å². The fourth-order valence-corrected chi connectivity index (χ4v) is 1.92. The van der Waals surface area contributed by atoms with Crippen LogP contribution < -0.4 is 5.32 Å². The summed E-state index contributed by atoms with van der Waals surface area (Å²) in [6.07, 6.45) is 0.321. The van der Waals surface area contributed by atoms with Gasteiger partial charge in [0.1, 0.15) is 0 Å². The normalized spacial score (nSPS) is 10.3. The van der Waals surface area contributed by atoms with Crippen LogP contribution in [-0.4, -0.2) is 38.4 Å². The van der Waals surface area contributed by atoms with Gasteiger partial charge in [-0.1, -0.05) is 25.6 Å². The summed E-state index contributed by atoms with van der Waals surface area (Å²) in [6.45, 7) is 5.26. The van der Waals surface area contributed by atoms with E-state index in [9.17, 15) is 4.79 Å². The number of nitrogens with one attached hydrogen (secondary N) is 1. The van der Waals surface area contributed by atoms with Gasteiger partial charge in [0.05, 0.1) is 18.2 Å². The van der Waals surface area contributed by atoms with E-state index in [0.717, 1.165) is 6.54 Å². The zero-order valence-corrected chi connectivity index (χ0v) is 11.3. The Bertz CT molecular complexity index is 424. The second-order valence-electron chi connectivity index (χ2n) is 4.08. The van der Waals surface area contributed by atoms with Crippen molar-refractivity contribution in [1.82, 2.24) is 25.5 Å². The number of hydrogen-bond acceptors (Lipinski definition) is 6. The smallest absolute Gasteiger partial charge is 0.230 e. The first-order valence-corrected chi connectivity index (χ1v) is 6.64. The van der Waals surface area contributed by atoms with Crippen LogP contribution in [0.3, 0.4) is 0 Å². The number of aromatic nitrogens is 4. The van der Waals surface area contributed by atoms with Crippen molar-refractivity contribution in [3.8, 4) is 6.07 Å². The fourth-order valence-electron chi connectivity index (χ4n) is 1.20. The minimum absolute atomic E-state index is 0.116. The Morgan fingerprint density at radius 2 is 2.39 bits per heavy atom. The number of nitriles is 1. The van der Waals surface area contributed by atoms with E-state index in [-0.39, 0.29) is 11.7 Å². The third kappa shape index (κ3) is 5.14. The Labute approximate surface area is 110 Å². The predicted molar refractivity (Wildman–Crippen MR) is 66.6 cm³/mol. The minimum Gasteiger partial charge on any atom is -0.354 e. The number of amides is 1. The molecule has 0 fully saturated rings. The second kappa shape index (κ2) is 7.66. The molecule has 0 spiro atoms. The number of hydrogen-bond donors (Lipinski definition) is 1. The van der Waals surface area contributed by atoms with Gasteiger partial charge in [0.15, 0.2) is 0 Å². The Morgan fingerprint density at radius 3 is 3.06 bits per heavy atom. The number of thioether (sulfide) groups is 1. The van der Waals surface area contributed by atoms with Crippen LogP contribution in [0.25, 0.3) is 0 Å². The average molecular weight is 268 g/mol. The molecule has 7 nitrogen and oxygen atoms in total. The standard InChI is InChI=1S/C10H16N6OS/c1-8(2)6-16-10(13-14-15-16)18-7-9(17)12-5-3-4-11/h8H,3,5-7H2,1-2H3,(H,12,17). The summed E-state index contributed by atoms with van der Waals surface area (Å²) in [5.74, 6) is 0.579. The van der Waals surface area contributed by atoms with Crippen molar-refractivity contribution in [2.45, 2.75) is 32.0 Å². The molecule has 0 unspecified atom stereocenters. The van der Waals surface area contributed by atoms with Gasteiger partial charge in [0, 0.05) is 13.1 Å². The van der Waals surface area contributed by atoms with Crippen LogP contribution in [0.15, 0.2) is 5.16 Å². The summed E-state index contributed by atoms with van der Waals surface area (Å²) in [5.41, 5.74) is 0. The van der Waals surface area contributed by atoms with E-state index < -0.39 is 0 Å². The monoisotopic (exact) mass is 268 g/mol. The zero-order chi connectivity index (χ0) is 13.4. The fraction of sp³-hybridized carbons (Fsp3) is 0.700. The average Bonchev–Trinajstić information content (AvgIpc) is 2.73. The maximum Gasteiger partial charge on any atom is 0.230 e. The quantitative estimate of drug-likeness (QED) is 0.569. The first-order chi connectivity index (χ1) is 8.63. The van der Waals surface area contributed by atoms with Gasteiger partial charge in [-0.05, 0) is 16.3 Å².